The van der Waals surface area contributed by atoms with E-state index in [1.54, 1.807) is 0 Å². The molecule has 0 saturated heterocycles. The van der Waals surface area contributed by atoms with Crippen molar-refractivity contribution < 1.29 is 0 Å². The number of benzene rings is 1. The third-order valence-electron chi connectivity index (χ3n) is 5.02. The van der Waals surface area contributed by atoms with Gasteiger partial charge in [0.05, 0.1) is 0 Å². The van der Waals surface area contributed by atoms with Gasteiger partial charge in [0, 0.05) is 38.1 Å². The number of anilines is 1. The Morgan fingerprint density at radius 3 is 2.60 bits per heavy atom. The quantitative estimate of drug-likeness (QED) is 0.728. The van der Waals surface area contributed by atoms with Crippen LogP contribution >= 0.6 is 0 Å². The van der Waals surface area contributed by atoms with Gasteiger partial charge in [-0.3, -0.25) is 0 Å². The zero-order chi connectivity index (χ0) is 18.2. The van der Waals surface area contributed by atoms with Gasteiger partial charge in [-0.2, -0.15) is 0 Å². The van der Waals surface area contributed by atoms with E-state index < -0.39 is 0 Å². The monoisotopic (exact) mass is 341 g/mol. The summed E-state index contributed by atoms with van der Waals surface area (Å²) in [6.45, 7) is 10.9. The van der Waals surface area contributed by atoms with Gasteiger partial charge >= 0.3 is 0 Å². The molecule has 3 heteroatoms. The van der Waals surface area contributed by atoms with Crippen LogP contribution < -0.4 is 10.2 Å². The SMILES string of the molecule is CCCN(CCC1=CC=C(C)N(C)C1)c1ccc(C)cc1CCNC. The molecular weight excluding hydrogens is 306 g/mol. The molecule has 1 aliphatic heterocycles. The number of allylic oxidation sites excluding steroid dienone is 3. The molecule has 0 aromatic heterocycles. The Kier molecular flexibility index (Phi) is 7.57. The van der Waals surface area contributed by atoms with Crippen molar-refractivity contribution in [2.24, 2.45) is 0 Å². The summed E-state index contributed by atoms with van der Waals surface area (Å²) in [5.41, 5.74) is 7.11. The molecule has 0 fully saturated rings. The van der Waals surface area contributed by atoms with Crippen molar-refractivity contribution in [3.05, 3.63) is 52.7 Å². The lowest BCUT2D eigenvalue weighted by Gasteiger charge is -2.30. The highest BCUT2D eigenvalue weighted by Crippen LogP contribution is 2.24. The Hall–Kier alpha value is -1.74. The Bertz CT molecular complexity index is 616. The van der Waals surface area contributed by atoms with Gasteiger partial charge in [0.25, 0.3) is 0 Å². The number of hydrogen-bond donors (Lipinski definition) is 1. The van der Waals surface area contributed by atoms with Crippen molar-refractivity contribution in [3.63, 3.8) is 0 Å². The van der Waals surface area contributed by atoms with Crippen LogP contribution in [0.1, 0.15) is 37.8 Å². The normalized spacial score (nSPS) is 14.4. The van der Waals surface area contributed by atoms with Gasteiger partial charge in [0.2, 0.25) is 0 Å². The first kappa shape index (κ1) is 19.6. The fraction of sp³-hybridized carbons (Fsp3) is 0.545. The summed E-state index contributed by atoms with van der Waals surface area (Å²) < 4.78 is 0. The highest BCUT2D eigenvalue weighted by molar-refractivity contribution is 5.55. The van der Waals surface area contributed by atoms with Crippen LogP contribution in [0.3, 0.4) is 0 Å². The van der Waals surface area contributed by atoms with Crippen molar-refractivity contribution in [1.29, 1.82) is 0 Å². The molecule has 0 aliphatic carbocycles. The number of hydrogen-bond acceptors (Lipinski definition) is 3. The standard InChI is InChI=1S/C22H35N3/c1-6-14-25(15-12-20-9-8-19(3)24(5)17-20)22-10-7-18(2)16-21(22)11-13-23-4/h7-10,16,23H,6,11-15,17H2,1-5H3. The Balaban J connectivity index is 2.12. The van der Waals surface area contributed by atoms with Crippen LogP contribution in [0.15, 0.2) is 41.6 Å². The van der Waals surface area contributed by atoms with Crippen molar-refractivity contribution in [3.8, 4) is 0 Å². The van der Waals surface area contributed by atoms with Gasteiger partial charge in [0.1, 0.15) is 0 Å². The molecule has 0 bridgehead atoms. The van der Waals surface area contributed by atoms with E-state index in [1.165, 1.54) is 34.5 Å². The second-order valence-corrected chi connectivity index (χ2v) is 7.21. The lowest BCUT2D eigenvalue weighted by molar-refractivity contribution is 0.441. The minimum Gasteiger partial charge on any atom is -0.374 e. The Morgan fingerprint density at radius 2 is 1.92 bits per heavy atom. The molecule has 2 rings (SSSR count). The lowest BCUT2D eigenvalue weighted by atomic mass is 10.0. The van der Waals surface area contributed by atoms with Crippen LogP contribution in [0.25, 0.3) is 0 Å². The molecule has 0 spiro atoms. The number of nitrogens with zero attached hydrogens (tertiary/aromatic N) is 2. The molecule has 0 atom stereocenters. The van der Waals surface area contributed by atoms with Crippen molar-refractivity contribution in [2.75, 3.05) is 45.2 Å². The number of rotatable bonds is 9. The molecule has 0 radical (unpaired) electrons. The number of nitrogens with one attached hydrogen (secondary N) is 1. The first-order chi connectivity index (χ1) is 12.0. The third-order valence-corrected chi connectivity index (χ3v) is 5.02. The second kappa shape index (κ2) is 9.67. The summed E-state index contributed by atoms with van der Waals surface area (Å²) in [5.74, 6) is 0. The molecule has 138 valence electrons. The van der Waals surface area contributed by atoms with Crippen LogP contribution in [0.2, 0.25) is 0 Å². The Labute approximate surface area is 154 Å². The molecule has 25 heavy (non-hydrogen) atoms. The summed E-state index contributed by atoms with van der Waals surface area (Å²) in [4.78, 5) is 4.92. The highest BCUT2D eigenvalue weighted by Gasteiger charge is 2.13. The van der Waals surface area contributed by atoms with Crippen molar-refractivity contribution in [2.45, 2.75) is 40.0 Å². The fourth-order valence-electron chi connectivity index (χ4n) is 3.39. The van der Waals surface area contributed by atoms with Crippen LogP contribution in [0, 0.1) is 6.92 Å². The first-order valence-electron chi connectivity index (χ1n) is 9.61. The molecule has 1 heterocycles. The van der Waals surface area contributed by atoms with E-state index in [0.29, 0.717) is 0 Å². The predicted molar refractivity (Wildman–Crippen MR) is 110 cm³/mol. The molecule has 1 aromatic carbocycles. The minimum absolute atomic E-state index is 1.02. The molecule has 0 unspecified atom stereocenters. The fourth-order valence-corrected chi connectivity index (χ4v) is 3.39. The van der Waals surface area contributed by atoms with Gasteiger partial charge in [-0.25, -0.2) is 0 Å². The summed E-state index contributed by atoms with van der Waals surface area (Å²) in [6, 6.07) is 6.93. The number of likely N-dealkylation sites (N-methyl/N-ethyl adjacent to an activating group) is 2. The maximum absolute atomic E-state index is 3.29. The van der Waals surface area contributed by atoms with E-state index in [-0.39, 0.29) is 0 Å². The topological polar surface area (TPSA) is 18.5 Å². The van der Waals surface area contributed by atoms with Crippen LogP contribution in [0.5, 0.6) is 0 Å². The van der Waals surface area contributed by atoms with Crippen molar-refractivity contribution >= 4 is 5.69 Å². The highest BCUT2D eigenvalue weighted by atomic mass is 15.1. The first-order valence-corrected chi connectivity index (χ1v) is 9.61. The molecular formula is C22H35N3. The summed E-state index contributed by atoms with van der Waals surface area (Å²) in [7, 11) is 4.21. The third kappa shape index (κ3) is 5.64. The van der Waals surface area contributed by atoms with Crippen LogP contribution in [-0.4, -0.2) is 45.2 Å². The molecule has 1 aromatic rings. The summed E-state index contributed by atoms with van der Waals surface area (Å²) in [5, 5.41) is 3.29. The second-order valence-electron chi connectivity index (χ2n) is 7.21. The van der Waals surface area contributed by atoms with Crippen molar-refractivity contribution in [1.82, 2.24) is 10.2 Å². The van der Waals surface area contributed by atoms with E-state index >= 15 is 0 Å². The summed E-state index contributed by atoms with van der Waals surface area (Å²) >= 11 is 0. The minimum atomic E-state index is 1.02. The largest absolute Gasteiger partial charge is 0.374 e. The van der Waals surface area contributed by atoms with Gasteiger partial charge in [0.15, 0.2) is 0 Å². The van der Waals surface area contributed by atoms with Crippen LogP contribution in [-0.2, 0) is 6.42 Å². The van der Waals surface area contributed by atoms with E-state index in [4.69, 9.17) is 0 Å². The maximum atomic E-state index is 3.29. The smallest absolute Gasteiger partial charge is 0.0399 e. The van der Waals surface area contributed by atoms with E-state index in [0.717, 1.165) is 39.0 Å². The zero-order valence-corrected chi connectivity index (χ0v) is 16.7. The van der Waals surface area contributed by atoms with Crippen LogP contribution in [0.4, 0.5) is 5.69 Å². The molecule has 1 N–H and O–H groups in total. The van der Waals surface area contributed by atoms with Gasteiger partial charge in [-0.15, -0.1) is 0 Å². The van der Waals surface area contributed by atoms with Gasteiger partial charge in [-0.05, 0) is 70.0 Å². The lowest BCUT2D eigenvalue weighted by Crippen LogP contribution is -2.29. The van der Waals surface area contributed by atoms with E-state index in [1.807, 2.05) is 7.05 Å². The van der Waals surface area contributed by atoms with E-state index in [9.17, 15) is 0 Å². The van der Waals surface area contributed by atoms with Gasteiger partial charge in [-0.1, -0.05) is 30.7 Å². The Morgan fingerprint density at radius 1 is 1.12 bits per heavy atom. The maximum Gasteiger partial charge on any atom is 0.0399 e. The summed E-state index contributed by atoms with van der Waals surface area (Å²) in [6.07, 6.45) is 7.95. The number of aryl methyl sites for hydroxylation is 1. The molecule has 0 amide bonds. The molecule has 3 nitrogen and oxygen atoms in total. The average molecular weight is 342 g/mol. The zero-order valence-electron chi connectivity index (χ0n) is 16.7. The predicted octanol–water partition coefficient (Wildman–Crippen LogP) is 4.14. The molecule has 0 saturated carbocycles. The van der Waals surface area contributed by atoms with Gasteiger partial charge < -0.3 is 15.1 Å². The average Bonchev–Trinajstić information content (AvgIpc) is 2.60. The molecule has 1 aliphatic rings. The van der Waals surface area contributed by atoms with E-state index in [2.05, 4.69) is 73.3 Å².